The van der Waals surface area contributed by atoms with Crippen molar-refractivity contribution in [3.63, 3.8) is 0 Å². The Hall–Kier alpha value is -2.11. The number of anilines is 1. The van der Waals surface area contributed by atoms with Gasteiger partial charge in [0, 0.05) is 51.8 Å². The monoisotopic (exact) mass is 330 g/mol. The summed E-state index contributed by atoms with van der Waals surface area (Å²) in [7, 11) is 3.45. The summed E-state index contributed by atoms with van der Waals surface area (Å²) in [5, 5.41) is 3.30. The van der Waals surface area contributed by atoms with Crippen LogP contribution in [0, 0.1) is 5.92 Å². The summed E-state index contributed by atoms with van der Waals surface area (Å²) in [6.07, 6.45) is 7.04. The molecule has 0 radical (unpaired) electrons. The van der Waals surface area contributed by atoms with Gasteiger partial charge in [-0.15, -0.1) is 0 Å². The van der Waals surface area contributed by atoms with Crippen LogP contribution >= 0.6 is 0 Å². The Morgan fingerprint density at radius 3 is 2.71 bits per heavy atom. The molecular formula is C18H26N4O2. The SMILES string of the molecule is CN(C)C(=O)c1ccc(NCC2CC(=O)N(C3CCCC3)C2)nc1. The van der Waals surface area contributed by atoms with Gasteiger partial charge in [0.25, 0.3) is 5.91 Å². The molecule has 0 bridgehead atoms. The van der Waals surface area contributed by atoms with Gasteiger partial charge in [0.2, 0.25) is 5.91 Å². The van der Waals surface area contributed by atoms with Crippen molar-refractivity contribution in [3.05, 3.63) is 23.9 Å². The molecule has 1 aliphatic carbocycles. The molecule has 2 heterocycles. The topological polar surface area (TPSA) is 65.5 Å². The maximum absolute atomic E-state index is 12.2. The Labute approximate surface area is 143 Å². The normalized spacial score (nSPS) is 21.3. The minimum absolute atomic E-state index is 0.0531. The highest BCUT2D eigenvalue weighted by atomic mass is 16.2. The van der Waals surface area contributed by atoms with E-state index in [9.17, 15) is 9.59 Å². The molecule has 2 aliphatic rings. The second-order valence-corrected chi connectivity index (χ2v) is 7.07. The zero-order valence-electron chi connectivity index (χ0n) is 14.5. The molecule has 1 saturated carbocycles. The van der Waals surface area contributed by atoms with Crippen molar-refractivity contribution in [2.24, 2.45) is 5.92 Å². The average molecular weight is 330 g/mol. The number of nitrogens with one attached hydrogen (secondary N) is 1. The fourth-order valence-corrected chi connectivity index (χ4v) is 3.65. The van der Waals surface area contributed by atoms with Crippen LogP contribution in [-0.2, 0) is 4.79 Å². The zero-order chi connectivity index (χ0) is 17.1. The lowest BCUT2D eigenvalue weighted by Crippen LogP contribution is -2.34. The molecule has 6 nitrogen and oxygen atoms in total. The molecule has 3 rings (SSSR count). The molecular weight excluding hydrogens is 304 g/mol. The van der Waals surface area contributed by atoms with Crippen molar-refractivity contribution in [2.75, 3.05) is 32.5 Å². The van der Waals surface area contributed by atoms with Crippen LogP contribution in [0.15, 0.2) is 18.3 Å². The van der Waals surface area contributed by atoms with E-state index in [1.807, 2.05) is 6.07 Å². The summed E-state index contributed by atoms with van der Waals surface area (Å²) in [6.45, 7) is 1.59. The summed E-state index contributed by atoms with van der Waals surface area (Å²) in [6, 6.07) is 4.07. The second kappa shape index (κ2) is 7.20. The molecule has 2 fully saturated rings. The fraction of sp³-hybridized carbons (Fsp3) is 0.611. The molecule has 0 aromatic carbocycles. The summed E-state index contributed by atoms with van der Waals surface area (Å²) < 4.78 is 0. The second-order valence-electron chi connectivity index (χ2n) is 7.07. The zero-order valence-corrected chi connectivity index (χ0v) is 14.5. The van der Waals surface area contributed by atoms with Crippen LogP contribution in [0.2, 0.25) is 0 Å². The van der Waals surface area contributed by atoms with Gasteiger partial charge in [-0.1, -0.05) is 12.8 Å². The number of rotatable bonds is 5. The highest BCUT2D eigenvalue weighted by Crippen LogP contribution is 2.29. The predicted molar refractivity (Wildman–Crippen MR) is 92.8 cm³/mol. The van der Waals surface area contributed by atoms with E-state index in [1.54, 1.807) is 26.4 Å². The van der Waals surface area contributed by atoms with Crippen LogP contribution < -0.4 is 5.32 Å². The van der Waals surface area contributed by atoms with Gasteiger partial charge in [-0.05, 0) is 25.0 Å². The van der Waals surface area contributed by atoms with Crippen molar-refractivity contribution < 1.29 is 9.59 Å². The molecule has 2 amide bonds. The van der Waals surface area contributed by atoms with Gasteiger partial charge in [0.1, 0.15) is 5.82 Å². The van der Waals surface area contributed by atoms with Gasteiger partial charge in [-0.2, -0.15) is 0 Å². The van der Waals surface area contributed by atoms with Crippen molar-refractivity contribution >= 4 is 17.6 Å². The number of amides is 2. The molecule has 1 aromatic heterocycles. The quantitative estimate of drug-likeness (QED) is 0.897. The van der Waals surface area contributed by atoms with Gasteiger partial charge in [0.15, 0.2) is 0 Å². The Kier molecular flexibility index (Phi) is 5.02. The third kappa shape index (κ3) is 3.68. The van der Waals surface area contributed by atoms with E-state index in [-0.39, 0.29) is 5.91 Å². The summed E-state index contributed by atoms with van der Waals surface area (Å²) >= 11 is 0. The third-order valence-electron chi connectivity index (χ3n) is 4.99. The van der Waals surface area contributed by atoms with Crippen LogP contribution in [0.1, 0.15) is 42.5 Å². The minimum Gasteiger partial charge on any atom is -0.370 e. The van der Waals surface area contributed by atoms with Gasteiger partial charge < -0.3 is 15.1 Å². The van der Waals surface area contributed by atoms with E-state index < -0.39 is 0 Å². The molecule has 6 heteroatoms. The number of aromatic nitrogens is 1. The number of pyridine rings is 1. The molecule has 1 aromatic rings. The first kappa shape index (κ1) is 16.7. The van der Waals surface area contributed by atoms with Gasteiger partial charge in [-0.25, -0.2) is 4.98 Å². The van der Waals surface area contributed by atoms with Crippen molar-refractivity contribution in [2.45, 2.75) is 38.1 Å². The average Bonchev–Trinajstić information content (AvgIpc) is 3.22. The Morgan fingerprint density at radius 1 is 1.33 bits per heavy atom. The Morgan fingerprint density at radius 2 is 2.08 bits per heavy atom. The number of hydrogen-bond donors (Lipinski definition) is 1. The van der Waals surface area contributed by atoms with Gasteiger partial charge in [0.05, 0.1) is 5.56 Å². The van der Waals surface area contributed by atoms with E-state index >= 15 is 0 Å². The van der Waals surface area contributed by atoms with E-state index in [1.165, 1.54) is 17.7 Å². The molecule has 0 spiro atoms. The van der Waals surface area contributed by atoms with Crippen molar-refractivity contribution in [1.82, 2.24) is 14.8 Å². The highest BCUT2D eigenvalue weighted by molar-refractivity contribution is 5.93. The van der Waals surface area contributed by atoms with Crippen LogP contribution in [0.3, 0.4) is 0 Å². The first-order chi connectivity index (χ1) is 11.5. The third-order valence-corrected chi connectivity index (χ3v) is 4.99. The summed E-state index contributed by atoms with van der Waals surface area (Å²) in [5.41, 5.74) is 0.578. The highest BCUT2D eigenvalue weighted by Gasteiger charge is 2.35. The lowest BCUT2D eigenvalue weighted by atomic mass is 10.1. The van der Waals surface area contributed by atoms with Crippen LogP contribution in [0.4, 0.5) is 5.82 Å². The van der Waals surface area contributed by atoms with Crippen LogP contribution in [0.5, 0.6) is 0 Å². The molecule has 1 unspecified atom stereocenters. The molecule has 130 valence electrons. The van der Waals surface area contributed by atoms with Gasteiger partial charge in [-0.3, -0.25) is 9.59 Å². The largest absolute Gasteiger partial charge is 0.370 e. The Balaban J connectivity index is 1.51. The van der Waals surface area contributed by atoms with E-state index in [4.69, 9.17) is 0 Å². The predicted octanol–water partition coefficient (Wildman–Crippen LogP) is 1.99. The van der Waals surface area contributed by atoms with Crippen LogP contribution in [0.25, 0.3) is 0 Å². The lowest BCUT2D eigenvalue weighted by molar-refractivity contribution is -0.129. The summed E-state index contributed by atoms with van der Waals surface area (Å²) in [5.74, 6) is 1.33. The summed E-state index contributed by atoms with van der Waals surface area (Å²) in [4.78, 5) is 32.0. The minimum atomic E-state index is -0.0531. The van der Waals surface area contributed by atoms with E-state index in [0.29, 0.717) is 29.9 Å². The number of hydrogen-bond acceptors (Lipinski definition) is 4. The standard InChI is InChI=1S/C18H26N4O2/c1-21(2)18(24)14-7-8-16(20-11-14)19-10-13-9-17(23)22(12-13)15-5-3-4-6-15/h7-8,11,13,15H,3-6,9-10,12H2,1-2H3,(H,19,20). The smallest absolute Gasteiger partial charge is 0.254 e. The number of likely N-dealkylation sites (tertiary alicyclic amines) is 1. The molecule has 1 saturated heterocycles. The van der Waals surface area contributed by atoms with Crippen molar-refractivity contribution in [3.8, 4) is 0 Å². The maximum Gasteiger partial charge on any atom is 0.254 e. The molecule has 1 aliphatic heterocycles. The number of carbonyl (C=O) groups is 2. The molecule has 1 N–H and O–H groups in total. The molecule has 24 heavy (non-hydrogen) atoms. The first-order valence-corrected chi connectivity index (χ1v) is 8.75. The van der Waals surface area contributed by atoms with E-state index in [2.05, 4.69) is 15.2 Å². The Bertz CT molecular complexity index is 594. The number of nitrogens with zero attached hydrogens (tertiary/aromatic N) is 3. The number of carbonyl (C=O) groups excluding carboxylic acids is 2. The maximum atomic E-state index is 12.2. The van der Waals surface area contributed by atoms with Crippen molar-refractivity contribution in [1.29, 1.82) is 0 Å². The fourth-order valence-electron chi connectivity index (χ4n) is 3.65. The molecule has 1 atom stereocenters. The lowest BCUT2D eigenvalue weighted by Gasteiger charge is -2.24. The van der Waals surface area contributed by atoms with Gasteiger partial charge >= 0.3 is 0 Å². The first-order valence-electron chi connectivity index (χ1n) is 8.75. The van der Waals surface area contributed by atoms with Crippen LogP contribution in [-0.4, -0.2) is 59.8 Å². The van der Waals surface area contributed by atoms with E-state index in [0.717, 1.165) is 31.7 Å².